The molecule has 2 aliphatic rings. The topological polar surface area (TPSA) is 8.17 Å². The predicted molar refractivity (Wildman–Crippen MR) is 314 cm³/mol. The average Bonchev–Trinajstić information content (AvgIpc) is 4.10. The molecule has 2 aliphatic carbocycles. The molecule has 0 radical (unpaired) electrons. The first-order valence-corrected chi connectivity index (χ1v) is 26.0. The molecule has 0 amide bonds. The monoisotopic (exact) mass is 952 g/mol. The molecular weight excluding hydrogens is 905 g/mol. The first-order chi connectivity index (χ1) is 37.3. The van der Waals surface area contributed by atoms with Crippen LogP contribution in [0.3, 0.4) is 0 Å². The van der Waals surface area contributed by atoms with E-state index in [1.165, 1.54) is 99.7 Å². The number of benzene rings is 12. The van der Waals surface area contributed by atoms with E-state index in [-0.39, 0.29) is 0 Å². The molecule has 0 fully saturated rings. The van der Waals surface area contributed by atoms with Crippen molar-refractivity contribution in [3.63, 3.8) is 0 Å². The van der Waals surface area contributed by atoms with Gasteiger partial charge < -0.3 is 9.47 Å². The number of hydrogen-bond acceptors (Lipinski definition) is 1. The molecule has 2 heteroatoms. The van der Waals surface area contributed by atoms with Gasteiger partial charge in [0.25, 0.3) is 0 Å². The van der Waals surface area contributed by atoms with Crippen LogP contribution in [0.2, 0.25) is 0 Å². The molecule has 75 heavy (non-hydrogen) atoms. The van der Waals surface area contributed by atoms with Crippen LogP contribution < -0.4 is 4.90 Å². The molecule has 0 aliphatic heterocycles. The third kappa shape index (κ3) is 6.46. The van der Waals surface area contributed by atoms with Gasteiger partial charge in [0.2, 0.25) is 0 Å². The van der Waals surface area contributed by atoms with Crippen LogP contribution in [0.25, 0.3) is 94.3 Å². The second-order valence-corrected chi connectivity index (χ2v) is 19.9. The van der Waals surface area contributed by atoms with E-state index < -0.39 is 5.41 Å². The van der Waals surface area contributed by atoms with Crippen molar-refractivity contribution in [3.05, 3.63) is 313 Å². The molecule has 0 N–H and O–H groups in total. The Morgan fingerprint density at radius 2 is 0.707 bits per heavy atom. The van der Waals surface area contributed by atoms with E-state index in [1.54, 1.807) is 0 Å². The van der Waals surface area contributed by atoms with E-state index in [2.05, 4.69) is 301 Å². The molecular formula is C73H48N2. The van der Waals surface area contributed by atoms with Crippen LogP contribution in [0, 0.1) is 0 Å². The molecule has 15 rings (SSSR count). The van der Waals surface area contributed by atoms with Crippen molar-refractivity contribution in [3.8, 4) is 72.4 Å². The molecule has 1 aromatic heterocycles. The van der Waals surface area contributed by atoms with Crippen LogP contribution in [0.5, 0.6) is 0 Å². The van der Waals surface area contributed by atoms with Crippen LogP contribution in [0.1, 0.15) is 22.3 Å². The number of anilines is 3. The van der Waals surface area contributed by atoms with E-state index >= 15 is 0 Å². The summed E-state index contributed by atoms with van der Waals surface area (Å²) in [7, 11) is 0. The van der Waals surface area contributed by atoms with E-state index in [4.69, 9.17) is 0 Å². The minimum absolute atomic E-state index is 0.434. The Labute approximate surface area is 437 Å². The Balaban J connectivity index is 0.949. The lowest BCUT2D eigenvalue weighted by Gasteiger charge is -2.32. The molecule has 2 nitrogen and oxygen atoms in total. The minimum atomic E-state index is -0.434. The number of hydrogen-bond donors (Lipinski definition) is 0. The van der Waals surface area contributed by atoms with Crippen molar-refractivity contribution in [2.45, 2.75) is 5.41 Å². The Kier molecular flexibility index (Phi) is 9.83. The Morgan fingerprint density at radius 3 is 1.37 bits per heavy atom. The summed E-state index contributed by atoms with van der Waals surface area (Å²) in [5.41, 5.74) is 26.3. The zero-order chi connectivity index (χ0) is 49.5. The van der Waals surface area contributed by atoms with Crippen LogP contribution in [0.4, 0.5) is 17.1 Å². The molecule has 0 bridgehead atoms. The van der Waals surface area contributed by atoms with E-state index in [0.717, 1.165) is 33.9 Å². The normalized spacial score (nSPS) is 12.6. The summed E-state index contributed by atoms with van der Waals surface area (Å²) in [6, 6.07) is 108. The Morgan fingerprint density at radius 1 is 0.267 bits per heavy atom. The van der Waals surface area contributed by atoms with E-state index in [0.29, 0.717) is 0 Å². The van der Waals surface area contributed by atoms with Gasteiger partial charge >= 0.3 is 0 Å². The summed E-state index contributed by atoms with van der Waals surface area (Å²) >= 11 is 0. The number of para-hydroxylation sites is 4. The van der Waals surface area contributed by atoms with Gasteiger partial charge in [-0.15, -0.1) is 0 Å². The highest BCUT2D eigenvalue weighted by atomic mass is 15.1. The first kappa shape index (κ1) is 42.9. The van der Waals surface area contributed by atoms with Crippen molar-refractivity contribution in [2.75, 3.05) is 4.90 Å². The number of nitrogens with zero attached hydrogens (tertiary/aromatic N) is 2. The molecule has 0 unspecified atom stereocenters. The molecule has 1 heterocycles. The maximum Gasteiger partial charge on any atom is 0.0725 e. The van der Waals surface area contributed by atoms with Crippen LogP contribution in [-0.4, -0.2) is 4.57 Å². The van der Waals surface area contributed by atoms with Gasteiger partial charge in [-0.25, -0.2) is 0 Å². The maximum atomic E-state index is 2.49. The quantitative estimate of drug-likeness (QED) is 0.147. The lowest BCUT2D eigenvalue weighted by atomic mass is 9.70. The summed E-state index contributed by atoms with van der Waals surface area (Å²) in [6.45, 7) is 0. The Bertz CT molecular complexity index is 4310. The second kappa shape index (κ2) is 17.2. The largest absolute Gasteiger partial charge is 0.310 e. The molecule has 12 aromatic carbocycles. The predicted octanol–water partition coefficient (Wildman–Crippen LogP) is 19.3. The van der Waals surface area contributed by atoms with Gasteiger partial charge in [-0.05, 0) is 126 Å². The van der Waals surface area contributed by atoms with Gasteiger partial charge in [0.15, 0.2) is 0 Å². The fourth-order valence-electron chi connectivity index (χ4n) is 13.0. The molecule has 0 atom stereocenters. The van der Waals surface area contributed by atoms with Crippen molar-refractivity contribution in [1.82, 2.24) is 4.57 Å². The number of fused-ring (bicyclic) bond motifs is 13. The standard InChI is InChI=1S/C73H48N2/c1-3-22-49(23-4-1)54-26-7-8-27-56(54)57-28-9-10-29-58(57)62-33-14-19-40-70(62)74(52-44-42-50(43-45-52)55-35-21-36-64-63-34-15-20-41-71(63)75(72(55)64)51-24-5-2-6-25-51)53-46-47-69-65(48-53)61-32-13-18-39-68(61)73(69)66-37-16-11-30-59(66)60-31-12-17-38-67(60)73/h1-48H. The maximum absolute atomic E-state index is 2.49. The van der Waals surface area contributed by atoms with Gasteiger partial charge in [-0.2, -0.15) is 0 Å². The van der Waals surface area contributed by atoms with Gasteiger partial charge in [0.05, 0.1) is 22.1 Å². The zero-order valence-corrected chi connectivity index (χ0v) is 41.1. The number of rotatable bonds is 8. The first-order valence-electron chi connectivity index (χ1n) is 26.0. The van der Waals surface area contributed by atoms with Crippen molar-refractivity contribution in [2.24, 2.45) is 0 Å². The van der Waals surface area contributed by atoms with E-state index in [1.807, 2.05) is 0 Å². The molecule has 350 valence electrons. The highest BCUT2D eigenvalue weighted by Crippen LogP contribution is 2.63. The average molecular weight is 953 g/mol. The van der Waals surface area contributed by atoms with Crippen LogP contribution in [0.15, 0.2) is 291 Å². The zero-order valence-electron chi connectivity index (χ0n) is 41.1. The summed E-state index contributed by atoms with van der Waals surface area (Å²) in [6.07, 6.45) is 0. The third-order valence-electron chi connectivity index (χ3n) is 16.0. The van der Waals surface area contributed by atoms with Crippen molar-refractivity contribution >= 4 is 38.9 Å². The van der Waals surface area contributed by atoms with Crippen molar-refractivity contribution < 1.29 is 0 Å². The highest BCUT2D eigenvalue weighted by molar-refractivity contribution is 6.14. The minimum Gasteiger partial charge on any atom is -0.310 e. The third-order valence-corrected chi connectivity index (χ3v) is 16.0. The smallest absolute Gasteiger partial charge is 0.0725 e. The van der Waals surface area contributed by atoms with Gasteiger partial charge in [-0.3, -0.25) is 0 Å². The summed E-state index contributed by atoms with van der Waals surface area (Å²) in [5, 5.41) is 2.48. The number of aromatic nitrogens is 1. The lowest BCUT2D eigenvalue weighted by molar-refractivity contribution is 0.794. The van der Waals surface area contributed by atoms with Gasteiger partial charge in [0, 0.05) is 39.0 Å². The van der Waals surface area contributed by atoms with Gasteiger partial charge in [0.1, 0.15) is 0 Å². The molecule has 1 spiro atoms. The molecule has 0 saturated heterocycles. The summed E-state index contributed by atoms with van der Waals surface area (Å²) in [5.74, 6) is 0. The Hall–Kier alpha value is -9.76. The summed E-state index contributed by atoms with van der Waals surface area (Å²) < 4.78 is 2.43. The fourth-order valence-corrected chi connectivity index (χ4v) is 13.0. The fraction of sp³-hybridized carbons (Fsp3) is 0.0137. The molecule has 0 saturated carbocycles. The second-order valence-electron chi connectivity index (χ2n) is 19.9. The molecule has 13 aromatic rings. The van der Waals surface area contributed by atoms with Crippen molar-refractivity contribution in [1.29, 1.82) is 0 Å². The van der Waals surface area contributed by atoms with Gasteiger partial charge in [-0.1, -0.05) is 243 Å². The van der Waals surface area contributed by atoms with Crippen LogP contribution >= 0.6 is 0 Å². The summed E-state index contributed by atoms with van der Waals surface area (Å²) in [4.78, 5) is 2.49. The SMILES string of the molecule is c1ccc(-c2ccccc2-c2ccccc2-c2ccccc2N(c2ccc(-c3cccc4c5ccccc5n(-c5ccccc5)c34)cc2)c2ccc3c(c2)-c2ccccc2C32c3ccccc3-c3ccccc32)cc1. The lowest BCUT2D eigenvalue weighted by Crippen LogP contribution is -2.25. The highest BCUT2D eigenvalue weighted by Gasteiger charge is 2.51. The van der Waals surface area contributed by atoms with E-state index in [9.17, 15) is 0 Å². The van der Waals surface area contributed by atoms with Crippen LogP contribution in [-0.2, 0) is 5.41 Å².